The monoisotopic (exact) mass is 249 g/mol. The number of aryl methyl sites for hydroxylation is 1. The molecule has 1 aromatic carbocycles. The van der Waals surface area contributed by atoms with E-state index < -0.39 is 0 Å². The Morgan fingerprint density at radius 2 is 1.56 bits per heavy atom. The molecule has 1 N–H and O–H groups in total. The van der Waals surface area contributed by atoms with Crippen LogP contribution in [0.3, 0.4) is 0 Å². The molecule has 0 aliphatic rings. The topological polar surface area (TPSA) is 51.3 Å². The van der Waals surface area contributed by atoms with Crippen molar-refractivity contribution in [2.75, 3.05) is 14.2 Å². The Labute approximate surface area is 107 Å². The molecule has 98 valence electrons. The summed E-state index contributed by atoms with van der Waals surface area (Å²) in [6.45, 7) is 5.77. The summed E-state index contributed by atoms with van der Waals surface area (Å²) in [6.07, 6.45) is 0. The van der Waals surface area contributed by atoms with E-state index in [-0.39, 0.29) is 5.56 Å². The van der Waals surface area contributed by atoms with Gasteiger partial charge in [0.2, 0.25) is 0 Å². The van der Waals surface area contributed by atoms with Crippen molar-refractivity contribution in [1.29, 1.82) is 0 Å². The second-order valence-electron chi connectivity index (χ2n) is 3.58. The number of methoxy groups -OCH3 is 2. The van der Waals surface area contributed by atoms with Gasteiger partial charge in [-0.3, -0.25) is 4.79 Å². The molecule has 0 atom stereocenters. The molecule has 0 aliphatic heterocycles. The van der Waals surface area contributed by atoms with Crippen LogP contribution in [0.25, 0.3) is 10.9 Å². The van der Waals surface area contributed by atoms with Crippen molar-refractivity contribution in [3.8, 4) is 11.5 Å². The van der Waals surface area contributed by atoms with E-state index in [1.54, 1.807) is 27.2 Å². The maximum absolute atomic E-state index is 11.5. The van der Waals surface area contributed by atoms with Gasteiger partial charge in [0.05, 0.1) is 19.7 Å². The summed E-state index contributed by atoms with van der Waals surface area (Å²) in [5, 5.41) is 0.926. The Morgan fingerprint density at radius 3 is 2.11 bits per heavy atom. The van der Waals surface area contributed by atoms with E-state index in [2.05, 4.69) is 4.98 Å². The second-order valence-corrected chi connectivity index (χ2v) is 3.58. The minimum atomic E-state index is -0.0836. The van der Waals surface area contributed by atoms with Crippen molar-refractivity contribution in [2.45, 2.75) is 20.8 Å². The summed E-state index contributed by atoms with van der Waals surface area (Å²) < 4.78 is 10.4. The van der Waals surface area contributed by atoms with E-state index in [0.29, 0.717) is 17.1 Å². The number of nitrogens with one attached hydrogen (secondary N) is 1. The van der Waals surface area contributed by atoms with Gasteiger partial charge in [0.25, 0.3) is 5.56 Å². The van der Waals surface area contributed by atoms with Crippen LogP contribution in [0.1, 0.15) is 19.4 Å². The van der Waals surface area contributed by atoms with Crippen molar-refractivity contribution < 1.29 is 9.47 Å². The van der Waals surface area contributed by atoms with Crippen LogP contribution in [-0.4, -0.2) is 19.2 Å². The number of fused-ring (bicyclic) bond motifs is 1. The first-order valence-electron chi connectivity index (χ1n) is 5.91. The van der Waals surface area contributed by atoms with Gasteiger partial charge in [-0.15, -0.1) is 0 Å². The van der Waals surface area contributed by atoms with E-state index in [0.717, 1.165) is 10.9 Å². The molecule has 2 rings (SSSR count). The molecule has 0 aliphatic carbocycles. The lowest BCUT2D eigenvalue weighted by atomic mass is 10.1. The third kappa shape index (κ3) is 2.64. The molecule has 4 nitrogen and oxygen atoms in total. The van der Waals surface area contributed by atoms with Crippen LogP contribution in [0.5, 0.6) is 11.5 Å². The zero-order valence-corrected chi connectivity index (χ0v) is 11.5. The van der Waals surface area contributed by atoms with Crippen LogP contribution >= 0.6 is 0 Å². The van der Waals surface area contributed by atoms with E-state index in [9.17, 15) is 4.79 Å². The minimum Gasteiger partial charge on any atom is -0.493 e. The molecule has 0 fully saturated rings. The first kappa shape index (κ1) is 14.1. The summed E-state index contributed by atoms with van der Waals surface area (Å²) in [4.78, 5) is 14.3. The van der Waals surface area contributed by atoms with Crippen LogP contribution in [0, 0.1) is 6.92 Å². The minimum absolute atomic E-state index is 0.0836. The van der Waals surface area contributed by atoms with Gasteiger partial charge in [0, 0.05) is 17.0 Å². The van der Waals surface area contributed by atoms with E-state index in [1.807, 2.05) is 26.0 Å². The lowest BCUT2D eigenvalue weighted by molar-refractivity contribution is 0.356. The smallest absolute Gasteiger partial charge is 0.251 e. The maximum Gasteiger partial charge on any atom is 0.251 e. The molecular weight excluding hydrogens is 230 g/mol. The highest BCUT2D eigenvalue weighted by atomic mass is 16.5. The normalized spacial score (nSPS) is 9.61. The van der Waals surface area contributed by atoms with Gasteiger partial charge >= 0.3 is 0 Å². The van der Waals surface area contributed by atoms with Gasteiger partial charge in [0.15, 0.2) is 11.5 Å². The Morgan fingerprint density at radius 1 is 1.00 bits per heavy atom. The van der Waals surface area contributed by atoms with Crippen molar-refractivity contribution in [3.63, 3.8) is 0 Å². The molecule has 1 heterocycles. The Hall–Kier alpha value is -1.97. The fourth-order valence-electron chi connectivity index (χ4n) is 1.64. The standard InChI is InChI=1S/C12H13NO3.C2H6/c1-7-4-8-5-10(15-2)11(16-3)6-9(8)13-12(7)14;1-2/h4-6H,1-3H3,(H,13,14);1-2H3. The quantitative estimate of drug-likeness (QED) is 0.890. The van der Waals surface area contributed by atoms with Crippen LogP contribution in [-0.2, 0) is 0 Å². The van der Waals surface area contributed by atoms with Gasteiger partial charge in [-0.2, -0.15) is 0 Å². The van der Waals surface area contributed by atoms with E-state index in [4.69, 9.17) is 9.47 Å². The maximum atomic E-state index is 11.5. The predicted octanol–water partition coefficient (Wildman–Crippen LogP) is 2.88. The average Bonchev–Trinajstić information content (AvgIpc) is 2.41. The first-order valence-corrected chi connectivity index (χ1v) is 5.91. The SMILES string of the molecule is CC.COc1cc2cc(C)c(=O)[nH]c2cc1OC. The van der Waals surface area contributed by atoms with Crippen LogP contribution < -0.4 is 15.0 Å². The molecule has 1 aromatic heterocycles. The molecule has 0 saturated heterocycles. The summed E-state index contributed by atoms with van der Waals surface area (Å²) >= 11 is 0. The molecule has 2 aromatic rings. The third-order valence-electron chi connectivity index (χ3n) is 2.53. The lowest BCUT2D eigenvalue weighted by Crippen LogP contribution is -2.08. The van der Waals surface area contributed by atoms with Crippen molar-refractivity contribution >= 4 is 10.9 Å². The predicted molar refractivity (Wildman–Crippen MR) is 73.8 cm³/mol. The highest BCUT2D eigenvalue weighted by Gasteiger charge is 2.07. The average molecular weight is 249 g/mol. The molecule has 0 unspecified atom stereocenters. The third-order valence-corrected chi connectivity index (χ3v) is 2.53. The number of benzene rings is 1. The largest absolute Gasteiger partial charge is 0.493 e. The Bertz CT molecular complexity index is 587. The molecule has 0 amide bonds. The molecule has 4 heteroatoms. The highest BCUT2D eigenvalue weighted by molar-refractivity contribution is 5.83. The van der Waals surface area contributed by atoms with Gasteiger partial charge in [0.1, 0.15) is 0 Å². The number of ether oxygens (including phenoxy) is 2. The van der Waals surface area contributed by atoms with Gasteiger partial charge in [-0.25, -0.2) is 0 Å². The zero-order chi connectivity index (χ0) is 13.7. The number of rotatable bonds is 2. The van der Waals surface area contributed by atoms with Crippen molar-refractivity contribution in [1.82, 2.24) is 4.98 Å². The number of aromatic nitrogens is 1. The van der Waals surface area contributed by atoms with Crippen molar-refractivity contribution in [2.24, 2.45) is 0 Å². The Kier molecular flexibility index (Phi) is 4.77. The van der Waals surface area contributed by atoms with Crippen LogP contribution in [0.2, 0.25) is 0 Å². The first-order chi connectivity index (χ1) is 8.65. The number of H-pyrrole nitrogens is 1. The lowest BCUT2D eigenvalue weighted by Gasteiger charge is -2.09. The summed E-state index contributed by atoms with van der Waals surface area (Å²) in [7, 11) is 3.15. The zero-order valence-electron chi connectivity index (χ0n) is 11.5. The highest BCUT2D eigenvalue weighted by Crippen LogP contribution is 2.30. The number of aromatic amines is 1. The van der Waals surface area contributed by atoms with Crippen LogP contribution in [0.4, 0.5) is 0 Å². The fourth-order valence-corrected chi connectivity index (χ4v) is 1.64. The van der Waals surface area contributed by atoms with Crippen molar-refractivity contribution in [3.05, 3.63) is 34.1 Å². The number of hydrogen-bond acceptors (Lipinski definition) is 3. The number of hydrogen-bond donors (Lipinski definition) is 1. The number of pyridine rings is 1. The van der Waals surface area contributed by atoms with Crippen LogP contribution in [0.15, 0.2) is 23.0 Å². The summed E-state index contributed by atoms with van der Waals surface area (Å²) in [5.74, 6) is 1.26. The summed E-state index contributed by atoms with van der Waals surface area (Å²) in [5.41, 5.74) is 1.34. The Balaban J connectivity index is 0.000000771. The summed E-state index contributed by atoms with van der Waals surface area (Å²) in [6, 6.07) is 5.43. The van der Waals surface area contributed by atoms with Gasteiger partial charge in [-0.05, 0) is 19.1 Å². The van der Waals surface area contributed by atoms with Gasteiger partial charge in [-0.1, -0.05) is 13.8 Å². The second kappa shape index (κ2) is 6.10. The molecule has 18 heavy (non-hydrogen) atoms. The molecule has 0 spiro atoms. The molecular formula is C14H19NO3. The molecule has 0 saturated carbocycles. The van der Waals surface area contributed by atoms with Gasteiger partial charge < -0.3 is 14.5 Å². The van der Waals surface area contributed by atoms with E-state index >= 15 is 0 Å². The fraction of sp³-hybridized carbons (Fsp3) is 0.357. The van der Waals surface area contributed by atoms with E-state index in [1.165, 1.54) is 0 Å². The molecule has 0 radical (unpaired) electrons. The molecule has 0 bridgehead atoms.